The summed E-state index contributed by atoms with van der Waals surface area (Å²) in [6.45, 7) is -0.418. The first kappa shape index (κ1) is 22.1. The number of amides is 1. The van der Waals surface area contributed by atoms with Crippen LogP contribution >= 0.6 is 27.3 Å². The van der Waals surface area contributed by atoms with Gasteiger partial charge in [0, 0.05) is 10.0 Å². The van der Waals surface area contributed by atoms with Crippen LogP contribution in [0.1, 0.15) is 0 Å². The number of nitrogens with zero attached hydrogens (tertiary/aromatic N) is 3. The van der Waals surface area contributed by atoms with E-state index >= 15 is 0 Å². The zero-order chi connectivity index (χ0) is 22.6. The van der Waals surface area contributed by atoms with Gasteiger partial charge < -0.3 is 0 Å². The molecule has 32 heavy (non-hydrogen) atoms. The van der Waals surface area contributed by atoms with Crippen molar-refractivity contribution in [1.29, 1.82) is 0 Å². The molecule has 10 heteroatoms. The zero-order valence-corrected chi connectivity index (χ0v) is 19.8. The van der Waals surface area contributed by atoms with Gasteiger partial charge >= 0.3 is 0 Å². The van der Waals surface area contributed by atoms with E-state index in [0.29, 0.717) is 15.8 Å². The van der Waals surface area contributed by atoms with Crippen LogP contribution in [0.5, 0.6) is 0 Å². The summed E-state index contributed by atoms with van der Waals surface area (Å²) in [4.78, 5) is 12.9. The van der Waals surface area contributed by atoms with Gasteiger partial charge in [0.15, 0.2) is 0 Å². The highest BCUT2D eigenvalue weighted by Gasteiger charge is 2.27. The van der Waals surface area contributed by atoms with Crippen LogP contribution in [0, 0.1) is 0 Å². The van der Waals surface area contributed by atoms with Gasteiger partial charge in [-0.3, -0.25) is 14.4 Å². The quantitative estimate of drug-likeness (QED) is 0.371. The van der Waals surface area contributed by atoms with E-state index in [1.54, 1.807) is 42.5 Å². The maximum atomic E-state index is 13.3. The Morgan fingerprint density at radius 2 is 1.53 bits per heavy atom. The topological polar surface area (TPSA) is 92.3 Å². The number of benzene rings is 3. The van der Waals surface area contributed by atoms with Gasteiger partial charge in [-0.25, -0.2) is 8.42 Å². The maximum Gasteiger partial charge on any atom is 0.264 e. The van der Waals surface area contributed by atoms with E-state index in [-0.39, 0.29) is 4.90 Å². The molecule has 0 fully saturated rings. The van der Waals surface area contributed by atoms with Crippen LogP contribution in [0.4, 0.5) is 10.8 Å². The number of carbonyl (C=O) groups is 1. The van der Waals surface area contributed by atoms with Crippen LogP contribution in [0.25, 0.3) is 10.6 Å². The summed E-state index contributed by atoms with van der Waals surface area (Å²) in [6.07, 6.45) is 0. The van der Waals surface area contributed by atoms with Crippen LogP contribution < -0.4 is 9.62 Å². The van der Waals surface area contributed by atoms with Gasteiger partial charge in [0.1, 0.15) is 11.6 Å². The van der Waals surface area contributed by atoms with E-state index in [2.05, 4.69) is 31.4 Å². The van der Waals surface area contributed by atoms with Crippen molar-refractivity contribution in [3.05, 3.63) is 89.4 Å². The molecule has 1 N–H and O–H groups in total. The third-order valence-corrected chi connectivity index (χ3v) is 7.63. The van der Waals surface area contributed by atoms with Gasteiger partial charge in [0.2, 0.25) is 11.0 Å². The number of nitrogens with one attached hydrogen (secondary N) is 1. The molecule has 0 radical (unpaired) electrons. The predicted molar refractivity (Wildman–Crippen MR) is 129 cm³/mol. The third kappa shape index (κ3) is 5.04. The molecule has 4 rings (SSSR count). The van der Waals surface area contributed by atoms with Crippen LogP contribution in [-0.4, -0.2) is 31.1 Å². The van der Waals surface area contributed by atoms with E-state index in [9.17, 15) is 13.2 Å². The Balaban J connectivity index is 1.58. The molecule has 0 unspecified atom stereocenters. The van der Waals surface area contributed by atoms with Crippen molar-refractivity contribution in [3.63, 3.8) is 0 Å². The van der Waals surface area contributed by atoms with Crippen LogP contribution in [-0.2, 0) is 14.8 Å². The van der Waals surface area contributed by atoms with Gasteiger partial charge in [0.25, 0.3) is 10.0 Å². The Labute approximate surface area is 197 Å². The minimum absolute atomic E-state index is 0.0954. The average molecular weight is 529 g/mol. The second-order valence-electron chi connectivity index (χ2n) is 6.63. The van der Waals surface area contributed by atoms with Crippen LogP contribution in [0.15, 0.2) is 94.3 Å². The number of anilines is 2. The van der Waals surface area contributed by atoms with Crippen molar-refractivity contribution >= 4 is 54.0 Å². The fraction of sp³-hybridized carbons (Fsp3) is 0.0455. The lowest BCUT2D eigenvalue weighted by molar-refractivity contribution is -0.114. The zero-order valence-electron chi connectivity index (χ0n) is 16.6. The minimum Gasteiger partial charge on any atom is -0.299 e. The molecule has 0 aliphatic carbocycles. The van der Waals surface area contributed by atoms with E-state index in [1.807, 2.05) is 30.3 Å². The summed E-state index contributed by atoms with van der Waals surface area (Å²) in [6, 6.07) is 24.2. The SMILES string of the molecule is O=C(CN(c1ccc(Br)cc1)S(=O)(=O)c1ccccc1)Nc1nnc(-c2ccccc2)s1. The van der Waals surface area contributed by atoms with Crippen LogP contribution in [0.2, 0.25) is 0 Å². The van der Waals surface area contributed by atoms with E-state index in [4.69, 9.17) is 0 Å². The second kappa shape index (κ2) is 9.60. The number of sulfonamides is 1. The lowest BCUT2D eigenvalue weighted by atomic mass is 10.2. The number of hydrogen-bond acceptors (Lipinski definition) is 6. The molecule has 0 spiro atoms. The number of carbonyl (C=O) groups excluding carboxylic acids is 1. The third-order valence-electron chi connectivity index (χ3n) is 4.43. The Hall–Kier alpha value is -3.08. The first-order valence-corrected chi connectivity index (χ1v) is 12.5. The van der Waals surface area contributed by atoms with Gasteiger partial charge in [-0.2, -0.15) is 0 Å². The first-order valence-electron chi connectivity index (χ1n) is 9.45. The smallest absolute Gasteiger partial charge is 0.264 e. The molecule has 0 aliphatic rings. The predicted octanol–water partition coefficient (Wildman–Crippen LogP) is 4.80. The summed E-state index contributed by atoms with van der Waals surface area (Å²) >= 11 is 4.56. The molecule has 1 heterocycles. The van der Waals surface area contributed by atoms with E-state index < -0.39 is 22.5 Å². The Morgan fingerprint density at radius 3 is 2.19 bits per heavy atom. The Bertz CT molecular complexity index is 1310. The fourth-order valence-electron chi connectivity index (χ4n) is 2.90. The molecule has 1 amide bonds. The molecule has 4 aromatic rings. The van der Waals surface area contributed by atoms with Gasteiger partial charge in [-0.15, -0.1) is 10.2 Å². The average Bonchev–Trinajstić information content (AvgIpc) is 3.28. The number of aromatic nitrogens is 2. The molecule has 3 aromatic carbocycles. The summed E-state index contributed by atoms with van der Waals surface area (Å²) in [7, 11) is -3.97. The molecule has 0 saturated heterocycles. The Morgan fingerprint density at radius 1 is 0.906 bits per heavy atom. The maximum absolute atomic E-state index is 13.3. The number of hydrogen-bond donors (Lipinski definition) is 1. The van der Waals surface area contributed by atoms with Crippen molar-refractivity contribution in [1.82, 2.24) is 10.2 Å². The normalized spacial score (nSPS) is 11.2. The van der Waals surface area contributed by atoms with Crippen molar-refractivity contribution < 1.29 is 13.2 Å². The van der Waals surface area contributed by atoms with Crippen molar-refractivity contribution in [3.8, 4) is 10.6 Å². The summed E-state index contributed by atoms with van der Waals surface area (Å²) in [5, 5.41) is 11.7. The summed E-state index contributed by atoms with van der Waals surface area (Å²) in [5.74, 6) is -0.525. The molecule has 7 nitrogen and oxygen atoms in total. The lowest BCUT2D eigenvalue weighted by Gasteiger charge is -2.24. The fourth-order valence-corrected chi connectivity index (χ4v) is 5.37. The molecule has 0 bridgehead atoms. The van der Waals surface area contributed by atoms with Crippen molar-refractivity contribution in [2.75, 3.05) is 16.2 Å². The molecular weight excluding hydrogens is 512 g/mol. The van der Waals surface area contributed by atoms with Gasteiger partial charge in [-0.05, 0) is 36.4 Å². The van der Waals surface area contributed by atoms with Crippen molar-refractivity contribution in [2.45, 2.75) is 4.90 Å². The highest BCUT2D eigenvalue weighted by Crippen LogP contribution is 2.27. The van der Waals surface area contributed by atoms with Crippen LogP contribution in [0.3, 0.4) is 0 Å². The van der Waals surface area contributed by atoms with Crippen molar-refractivity contribution in [2.24, 2.45) is 0 Å². The summed E-state index contributed by atoms with van der Waals surface area (Å²) in [5.41, 5.74) is 1.25. The monoisotopic (exact) mass is 528 g/mol. The lowest BCUT2D eigenvalue weighted by Crippen LogP contribution is -2.38. The second-order valence-corrected chi connectivity index (χ2v) is 10.4. The summed E-state index contributed by atoms with van der Waals surface area (Å²) < 4.78 is 28.5. The number of halogens is 1. The largest absolute Gasteiger partial charge is 0.299 e. The molecule has 162 valence electrons. The van der Waals surface area contributed by atoms with Gasteiger partial charge in [0.05, 0.1) is 10.6 Å². The molecule has 1 aromatic heterocycles. The highest BCUT2D eigenvalue weighted by atomic mass is 79.9. The molecular formula is C22H17BrN4O3S2. The first-order chi connectivity index (χ1) is 15.4. The van der Waals surface area contributed by atoms with E-state index in [0.717, 1.165) is 14.3 Å². The molecule has 0 aliphatic heterocycles. The molecule has 0 atom stereocenters. The van der Waals surface area contributed by atoms with Gasteiger partial charge in [-0.1, -0.05) is 75.8 Å². The van der Waals surface area contributed by atoms with E-state index in [1.165, 1.54) is 23.5 Å². The minimum atomic E-state index is -3.97. The molecule has 0 saturated carbocycles. The standard InChI is InChI=1S/C22H17BrN4O3S2/c23-17-11-13-18(14-12-17)27(32(29,30)19-9-5-2-6-10-19)15-20(28)24-22-26-25-21(31-22)16-7-3-1-4-8-16/h1-14H,15H2,(H,24,26,28). The highest BCUT2D eigenvalue weighted by molar-refractivity contribution is 9.10. The number of rotatable bonds is 7. The Kier molecular flexibility index (Phi) is 6.63.